The van der Waals surface area contributed by atoms with Crippen LogP contribution in [0.4, 0.5) is 4.39 Å². The fourth-order valence-corrected chi connectivity index (χ4v) is 3.16. The maximum atomic E-state index is 13.2. The number of nitrogens with one attached hydrogen (secondary N) is 1. The SMILES string of the molecule is CCn1cnnc1CNC(=NC)N1CC(C)OC(c2ccc(F)cc2)C1.I. The first kappa shape index (κ1) is 21.5. The standard InChI is InChI=1S/C18H25FN6O.HI/c1-4-24-12-22-23-17(24)9-21-18(20-3)25-10-13(2)26-16(11-25)14-5-7-15(19)8-6-14;/h5-8,12-13,16H,4,9-11H2,1-3H3,(H,20,21);1H. The lowest BCUT2D eigenvalue weighted by Gasteiger charge is -2.38. The Bertz CT molecular complexity index is 751. The first-order valence-electron chi connectivity index (χ1n) is 8.84. The molecule has 7 nitrogen and oxygen atoms in total. The number of ether oxygens (including phenoxy) is 1. The summed E-state index contributed by atoms with van der Waals surface area (Å²) in [5.74, 6) is 1.41. The molecule has 1 saturated heterocycles. The van der Waals surface area contributed by atoms with E-state index in [9.17, 15) is 4.39 Å². The summed E-state index contributed by atoms with van der Waals surface area (Å²) in [6.45, 7) is 6.84. The molecule has 0 bridgehead atoms. The second-order valence-electron chi connectivity index (χ2n) is 6.33. The Morgan fingerprint density at radius 3 is 2.74 bits per heavy atom. The number of hydrogen-bond donors (Lipinski definition) is 1. The van der Waals surface area contributed by atoms with Gasteiger partial charge < -0.3 is 19.5 Å². The number of rotatable bonds is 4. The van der Waals surface area contributed by atoms with Crippen molar-refractivity contribution in [2.24, 2.45) is 4.99 Å². The van der Waals surface area contributed by atoms with Crippen LogP contribution >= 0.6 is 24.0 Å². The second-order valence-corrected chi connectivity index (χ2v) is 6.33. The van der Waals surface area contributed by atoms with Crippen LogP contribution in [0.15, 0.2) is 35.6 Å². The lowest BCUT2D eigenvalue weighted by atomic mass is 10.1. The second kappa shape index (κ2) is 9.98. The van der Waals surface area contributed by atoms with E-state index in [4.69, 9.17) is 4.74 Å². The molecule has 2 aromatic rings. The molecule has 2 unspecified atom stereocenters. The largest absolute Gasteiger partial charge is 0.367 e. The molecule has 0 aliphatic carbocycles. The van der Waals surface area contributed by atoms with Gasteiger partial charge in [-0.3, -0.25) is 4.99 Å². The molecule has 3 rings (SSSR count). The lowest BCUT2D eigenvalue weighted by molar-refractivity contribution is -0.0605. The Morgan fingerprint density at radius 1 is 1.33 bits per heavy atom. The Morgan fingerprint density at radius 2 is 2.07 bits per heavy atom. The van der Waals surface area contributed by atoms with Crippen molar-refractivity contribution in [3.8, 4) is 0 Å². The number of guanidine groups is 1. The molecule has 0 saturated carbocycles. The number of hydrogen-bond acceptors (Lipinski definition) is 4. The van der Waals surface area contributed by atoms with Crippen LogP contribution in [0.2, 0.25) is 0 Å². The van der Waals surface area contributed by atoms with E-state index in [0.29, 0.717) is 13.1 Å². The molecule has 2 atom stereocenters. The predicted octanol–water partition coefficient (Wildman–Crippen LogP) is 2.59. The van der Waals surface area contributed by atoms with E-state index in [1.54, 1.807) is 25.5 Å². The highest BCUT2D eigenvalue weighted by molar-refractivity contribution is 14.0. The van der Waals surface area contributed by atoms with Crippen molar-refractivity contribution in [3.05, 3.63) is 47.8 Å². The van der Waals surface area contributed by atoms with Gasteiger partial charge in [-0.15, -0.1) is 34.2 Å². The van der Waals surface area contributed by atoms with Crippen molar-refractivity contribution in [3.63, 3.8) is 0 Å². The van der Waals surface area contributed by atoms with Crippen molar-refractivity contribution in [2.75, 3.05) is 20.1 Å². The van der Waals surface area contributed by atoms with Crippen LogP contribution in [0.1, 0.15) is 31.3 Å². The molecule has 9 heteroatoms. The summed E-state index contributed by atoms with van der Waals surface area (Å²) in [6, 6.07) is 6.48. The van der Waals surface area contributed by atoms with Gasteiger partial charge in [0.25, 0.3) is 0 Å². The van der Waals surface area contributed by atoms with Crippen molar-refractivity contribution in [1.29, 1.82) is 0 Å². The smallest absolute Gasteiger partial charge is 0.194 e. The van der Waals surface area contributed by atoms with Gasteiger partial charge >= 0.3 is 0 Å². The summed E-state index contributed by atoms with van der Waals surface area (Å²) < 4.78 is 21.2. The molecular formula is C18H26FIN6O. The highest BCUT2D eigenvalue weighted by Gasteiger charge is 2.28. The molecule has 0 radical (unpaired) electrons. The van der Waals surface area contributed by atoms with Gasteiger partial charge in [-0.05, 0) is 31.5 Å². The first-order valence-corrected chi connectivity index (χ1v) is 8.84. The number of nitrogens with zero attached hydrogens (tertiary/aromatic N) is 5. The van der Waals surface area contributed by atoms with Gasteiger partial charge in [0.15, 0.2) is 11.8 Å². The highest BCUT2D eigenvalue weighted by Crippen LogP contribution is 2.25. The minimum absolute atomic E-state index is 0. The molecule has 1 aliphatic rings. The summed E-state index contributed by atoms with van der Waals surface area (Å²) in [5, 5.41) is 11.4. The third kappa shape index (κ3) is 5.38. The molecule has 148 valence electrons. The molecule has 0 spiro atoms. The molecule has 1 aromatic carbocycles. The average molecular weight is 488 g/mol. The van der Waals surface area contributed by atoms with Crippen LogP contribution in [-0.2, 0) is 17.8 Å². The van der Waals surface area contributed by atoms with Gasteiger partial charge in [-0.2, -0.15) is 0 Å². The average Bonchev–Trinajstić information content (AvgIpc) is 3.10. The van der Waals surface area contributed by atoms with Crippen LogP contribution in [0.3, 0.4) is 0 Å². The zero-order valence-electron chi connectivity index (χ0n) is 15.8. The summed E-state index contributed by atoms with van der Waals surface area (Å²) in [7, 11) is 1.76. The molecule has 0 amide bonds. The Kier molecular flexibility index (Phi) is 7.96. The fourth-order valence-electron chi connectivity index (χ4n) is 3.16. The van der Waals surface area contributed by atoms with Crippen molar-refractivity contribution in [1.82, 2.24) is 25.0 Å². The van der Waals surface area contributed by atoms with Crippen LogP contribution in [0.25, 0.3) is 0 Å². The zero-order chi connectivity index (χ0) is 18.5. The van der Waals surface area contributed by atoms with E-state index in [1.807, 2.05) is 11.5 Å². The Balaban J connectivity index is 0.00000261. The number of aromatic nitrogens is 3. The first-order chi connectivity index (χ1) is 12.6. The monoisotopic (exact) mass is 488 g/mol. The van der Waals surface area contributed by atoms with Crippen LogP contribution < -0.4 is 5.32 Å². The van der Waals surface area contributed by atoms with Crippen molar-refractivity contribution in [2.45, 2.75) is 39.1 Å². The fraction of sp³-hybridized carbons (Fsp3) is 0.500. The van der Waals surface area contributed by atoms with Crippen molar-refractivity contribution < 1.29 is 9.13 Å². The normalized spacial score (nSPS) is 20.3. The quantitative estimate of drug-likeness (QED) is 0.407. The maximum absolute atomic E-state index is 13.2. The van der Waals surface area contributed by atoms with Gasteiger partial charge in [-0.25, -0.2) is 4.39 Å². The molecule has 1 aliphatic heterocycles. The Labute approximate surface area is 176 Å². The molecule has 1 N–H and O–H groups in total. The third-order valence-corrected chi connectivity index (χ3v) is 4.45. The molecule has 2 heterocycles. The summed E-state index contributed by atoms with van der Waals surface area (Å²) in [6.07, 6.45) is 1.63. The van der Waals surface area contributed by atoms with E-state index >= 15 is 0 Å². The van der Waals surface area contributed by atoms with Gasteiger partial charge in [0.1, 0.15) is 18.2 Å². The number of halogens is 2. The molecular weight excluding hydrogens is 462 g/mol. The molecule has 1 aromatic heterocycles. The summed E-state index contributed by atoms with van der Waals surface area (Å²) >= 11 is 0. The van der Waals surface area contributed by atoms with E-state index in [1.165, 1.54) is 12.1 Å². The highest BCUT2D eigenvalue weighted by atomic mass is 127. The number of benzene rings is 1. The van der Waals surface area contributed by atoms with E-state index in [-0.39, 0.29) is 42.0 Å². The Hall–Kier alpha value is -1.75. The van der Waals surface area contributed by atoms with Crippen LogP contribution in [0.5, 0.6) is 0 Å². The third-order valence-electron chi connectivity index (χ3n) is 4.45. The van der Waals surface area contributed by atoms with Crippen LogP contribution in [0, 0.1) is 5.82 Å². The topological polar surface area (TPSA) is 67.6 Å². The van der Waals surface area contributed by atoms with E-state index in [0.717, 1.165) is 30.4 Å². The van der Waals surface area contributed by atoms with Gasteiger partial charge in [-0.1, -0.05) is 12.1 Å². The summed E-state index contributed by atoms with van der Waals surface area (Å²) in [4.78, 5) is 6.56. The van der Waals surface area contributed by atoms with E-state index in [2.05, 4.69) is 32.3 Å². The minimum atomic E-state index is -0.244. The maximum Gasteiger partial charge on any atom is 0.194 e. The van der Waals surface area contributed by atoms with Gasteiger partial charge in [0, 0.05) is 20.1 Å². The summed E-state index contributed by atoms with van der Waals surface area (Å²) in [5.41, 5.74) is 0.962. The minimum Gasteiger partial charge on any atom is -0.367 e. The molecule has 1 fully saturated rings. The molecule has 27 heavy (non-hydrogen) atoms. The number of aryl methyl sites for hydroxylation is 1. The predicted molar refractivity (Wildman–Crippen MR) is 113 cm³/mol. The number of aliphatic imine (C=N–C) groups is 1. The number of morpholine rings is 1. The lowest BCUT2D eigenvalue weighted by Crippen LogP contribution is -2.50. The van der Waals surface area contributed by atoms with Crippen molar-refractivity contribution >= 4 is 29.9 Å². The van der Waals surface area contributed by atoms with Gasteiger partial charge in [0.2, 0.25) is 0 Å². The van der Waals surface area contributed by atoms with E-state index < -0.39 is 0 Å². The zero-order valence-corrected chi connectivity index (χ0v) is 18.1. The van der Waals surface area contributed by atoms with Gasteiger partial charge in [0.05, 0.1) is 19.2 Å². The van der Waals surface area contributed by atoms with Crippen LogP contribution in [-0.4, -0.2) is 51.9 Å².